The highest BCUT2D eigenvalue weighted by molar-refractivity contribution is 5.80. The van der Waals surface area contributed by atoms with E-state index in [1.807, 2.05) is 62.4 Å². The SMILES string of the molecule is Cc1cc(OCc2ccc(-c3ccccc3-c3nnn(C(c4ccccc4)(c4ccccc4)c4ccccc4)n3)cc2)c(-c2ccncc2)c(C)n1. The zero-order valence-electron chi connectivity index (χ0n) is 29.0. The Bertz CT molecular complexity index is 2320. The molecule has 0 spiro atoms. The predicted molar refractivity (Wildman–Crippen MR) is 205 cm³/mol. The monoisotopic (exact) mass is 676 g/mol. The minimum atomic E-state index is -0.852. The Morgan fingerprint density at radius 1 is 0.596 bits per heavy atom. The lowest BCUT2D eigenvalue weighted by Crippen LogP contribution is -2.39. The summed E-state index contributed by atoms with van der Waals surface area (Å²) in [4.78, 5) is 10.6. The Hall–Kier alpha value is -6.73. The summed E-state index contributed by atoms with van der Waals surface area (Å²) in [5.74, 6) is 1.35. The average molecular weight is 677 g/mol. The summed E-state index contributed by atoms with van der Waals surface area (Å²) < 4.78 is 6.43. The number of ether oxygens (including phenoxy) is 1. The van der Waals surface area contributed by atoms with Crippen LogP contribution in [-0.2, 0) is 12.1 Å². The molecule has 0 aliphatic rings. The molecule has 3 heterocycles. The number of rotatable bonds is 10. The van der Waals surface area contributed by atoms with Gasteiger partial charge in [-0.2, -0.15) is 0 Å². The van der Waals surface area contributed by atoms with E-state index in [0.717, 1.165) is 67.2 Å². The maximum Gasteiger partial charge on any atom is 0.205 e. The smallest absolute Gasteiger partial charge is 0.205 e. The molecule has 0 saturated heterocycles. The van der Waals surface area contributed by atoms with E-state index in [0.29, 0.717) is 12.4 Å². The summed E-state index contributed by atoms with van der Waals surface area (Å²) in [5, 5.41) is 14.6. The van der Waals surface area contributed by atoms with Gasteiger partial charge in [0.1, 0.15) is 12.4 Å². The first-order chi connectivity index (χ1) is 25.6. The largest absolute Gasteiger partial charge is 0.488 e. The van der Waals surface area contributed by atoms with Gasteiger partial charge in [-0.1, -0.05) is 140 Å². The van der Waals surface area contributed by atoms with Gasteiger partial charge in [-0.3, -0.25) is 9.97 Å². The van der Waals surface area contributed by atoms with Crippen molar-refractivity contribution in [3.63, 3.8) is 0 Å². The van der Waals surface area contributed by atoms with Gasteiger partial charge in [-0.25, -0.2) is 0 Å². The number of hydrogen-bond acceptors (Lipinski definition) is 6. The molecule has 0 amide bonds. The Balaban J connectivity index is 1.13. The molecule has 0 N–H and O–H groups in total. The van der Waals surface area contributed by atoms with E-state index in [9.17, 15) is 0 Å². The highest BCUT2D eigenvalue weighted by Crippen LogP contribution is 2.40. The van der Waals surface area contributed by atoms with Crippen molar-refractivity contribution >= 4 is 0 Å². The van der Waals surface area contributed by atoms with E-state index in [1.165, 1.54) is 0 Å². The van der Waals surface area contributed by atoms with Crippen molar-refractivity contribution in [2.24, 2.45) is 0 Å². The summed E-state index contributed by atoms with van der Waals surface area (Å²) in [6, 6.07) is 53.8. The summed E-state index contributed by atoms with van der Waals surface area (Å²) >= 11 is 0. The Kier molecular flexibility index (Phi) is 8.90. The van der Waals surface area contributed by atoms with Crippen molar-refractivity contribution in [1.29, 1.82) is 0 Å². The van der Waals surface area contributed by atoms with Gasteiger partial charge >= 0.3 is 0 Å². The van der Waals surface area contributed by atoms with E-state index in [1.54, 1.807) is 17.2 Å². The van der Waals surface area contributed by atoms with Crippen LogP contribution in [0.5, 0.6) is 5.75 Å². The van der Waals surface area contributed by atoms with Crippen LogP contribution in [0.3, 0.4) is 0 Å². The summed E-state index contributed by atoms with van der Waals surface area (Å²) in [5.41, 5.74) is 10.1. The molecule has 8 rings (SSSR count). The first-order valence-corrected chi connectivity index (χ1v) is 17.3. The summed E-state index contributed by atoms with van der Waals surface area (Å²) in [7, 11) is 0. The van der Waals surface area contributed by atoms with E-state index in [2.05, 4.69) is 119 Å². The molecule has 7 heteroatoms. The van der Waals surface area contributed by atoms with Gasteiger partial charge < -0.3 is 4.74 Å². The Morgan fingerprint density at radius 3 is 1.75 bits per heavy atom. The fourth-order valence-electron chi connectivity index (χ4n) is 7.00. The van der Waals surface area contributed by atoms with Crippen molar-refractivity contribution in [1.82, 2.24) is 30.2 Å². The third-order valence-electron chi connectivity index (χ3n) is 9.38. The topological polar surface area (TPSA) is 78.6 Å². The van der Waals surface area contributed by atoms with Crippen LogP contribution < -0.4 is 4.74 Å². The molecule has 5 aromatic carbocycles. The molecule has 0 radical (unpaired) electrons. The van der Waals surface area contributed by atoms with Crippen molar-refractivity contribution in [3.8, 4) is 39.4 Å². The predicted octanol–water partition coefficient (Wildman–Crippen LogP) is 9.50. The molecule has 7 nitrogen and oxygen atoms in total. The Labute approximate surface area is 303 Å². The third-order valence-corrected chi connectivity index (χ3v) is 9.38. The maximum absolute atomic E-state index is 6.43. The molecule has 252 valence electrons. The van der Waals surface area contributed by atoms with Crippen LogP contribution in [0.1, 0.15) is 33.6 Å². The number of aryl methyl sites for hydroxylation is 2. The molecule has 8 aromatic rings. The number of hydrogen-bond donors (Lipinski definition) is 0. The van der Waals surface area contributed by atoms with Crippen LogP contribution in [0.4, 0.5) is 0 Å². The second-order valence-electron chi connectivity index (χ2n) is 12.7. The summed E-state index contributed by atoms with van der Waals surface area (Å²) in [6.45, 7) is 4.42. The van der Waals surface area contributed by atoms with Crippen LogP contribution in [0.2, 0.25) is 0 Å². The molecule has 0 saturated carbocycles. The highest BCUT2D eigenvalue weighted by Gasteiger charge is 2.41. The van der Waals surface area contributed by atoms with Crippen molar-refractivity contribution in [2.45, 2.75) is 26.0 Å². The second kappa shape index (κ2) is 14.2. The summed E-state index contributed by atoms with van der Waals surface area (Å²) in [6.07, 6.45) is 3.58. The molecule has 0 aliphatic carbocycles. The second-order valence-corrected chi connectivity index (χ2v) is 12.7. The molecule has 0 bridgehead atoms. The normalized spacial score (nSPS) is 11.3. The van der Waals surface area contributed by atoms with Gasteiger partial charge in [0, 0.05) is 41.0 Å². The van der Waals surface area contributed by atoms with Gasteiger partial charge in [0.2, 0.25) is 5.82 Å². The molecular formula is C45H36N6O. The van der Waals surface area contributed by atoms with Gasteiger partial charge in [0.15, 0.2) is 5.54 Å². The number of tetrazole rings is 1. The molecule has 3 aromatic heterocycles. The number of benzene rings is 5. The molecule has 0 unspecified atom stereocenters. The van der Waals surface area contributed by atoms with E-state index >= 15 is 0 Å². The lowest BCUT2D eigenvalue weighted by Gasteiger charge is -2.34. The zero-order valence-corrected chi connectivity index (χ0v) is 29.0. The van der Waals surface area contributed by atoms with Crippen LogP contribution in [-0.4, -0.2) is 30.2 Å². The fraction of sp³-hybridized carbons (Fsp3) is 0.0889. The number of nitrogens with zero attached hydrogens (tertiary/aromatic N) is 6. The zero-order chi connectivity index (χ0) is 35.3. The quantitative estimate of drug-likeness (QED) is 0.134. The molecule has 0 fully saturated rings. The van der Waals surface area contributed by atoms with Crippen molar-refractivity contribution < 1.29 is 4.74 Å². The number of pyridine rings is 2. The van der Waals surface area contributed by atoms with Gasteiger partial charge in [0.05, 0.1) is 0 Å². The van der Waals surface area contributed by atoms with Crippen LogP contribution in [0.25, 0.3) is 33.6 Å². The van der Waals surface area contributed by atoms with Gasteiger partial charge in [0.25, 0.3) is 0 Å². The first kappa shape index (κ1) is 32.5. The third kappa shape index (κ3) is 6.13. The highest BCUT2D eigenvalue weighted by atomic mass is 16.5. The van der Waals surface area contributed by atoms with Crippen LogP contribution in [0, 0.1) is 13.8 Å². The minimum Gasteiger partial charge on any atom is -0.488 e. The average Bonchev–Trinajstić information content (AvgIpc) is 3.69. The molecule has 0 aliphatic heterocycles. The van der Waals surface area contributed by atoms with Crippen LogP contribution in [0.15, 0.2) is 170 Å². The van der Waals surface area contributed by atoms with Gasteiger partial charge in [-0.15, -0.1) is 15.0 Å². The van der Waals surface area contributed by atoms with Gasteiger partial charge in [-0.05, 0) is 70.1 Å². The Morgan fingerprint density at radius 2 is 1.15 bits per heavy atom. The van der Waals surface area contributed by atoms with E-state index in [4.69, 9.17) is 20.1 Å². The first-order valence-electron chi connectivity index (χ1n) is 17.3. The lowest BCUT2D eigenvalue weighted by molar-refractivity contribution is 0.307. The van der Waals surface area contributed by atoms with Crippen LogP contribution >= 0.6 is 0 Å². The number of aromatic nitrogens is 6. The fourth-order valence-corrected chi connectivity index (χ4v) is 7.00. The molecule has 52 heavy (non-hydrogen) atoms. The lowest BCUT2D eigenvalue weighted by atomic mass is 9.77. The molecular weight excluding hydrogens is 641 g/mol. The van der Waals surface area contributed by atoms with Crippen molar-refractivity contribution in [2.75, 3.05) is 0 Å². The maximum atomic E-state index is 6.43. The van der Waals surface area contributed by atoms with E-state index < -0.39 is 5.54 Å². The van der Waals surface area contributed by atoms with E-state index in [-0.39, 0.29) is 0 Å². The van der Waals surface area contributed by atoms with Crippen molar-refractivity contribution in [3.05, 3.63) is 204 Å². The molecule has 0 atom stereocenters. The minimum absolute atomic E-state index is 0.416. The standard InChI is InChI=1S/C45H36N6O/c1-32-30-42(43(33(2)47-32)36-26-28-46-29-27-36)52-31-34-22-24-35(25-23-34)40-20-12-13-21-41(40)44-48-50-51(49-44)45(37-14-6-3-7-15-37,38-16-8-4-9-17-38)39-18-10-5-11-19-39/h3-30H,31H2,1-2H3.